The number of halogens is 4. The topological polar surface area (TPSA) is 16.1 Å². The lowest BCUT2D eigenvalue weighted by Gasteiger charge is -2.28. The summed E-state index contributed by atoms with van der Waals surface area (Å²) in [5, 5.41) is 0.511. The number of pyridine rings is 1. The van der Waals surface area contributed by atoms with Crippen LogP contribution < -0.4 is 4.90 Å². The first kappa shape index (κ1) is 12.2. The Bertz CT molecular complexity index is 425. The first-order valence-corrected chi connectivity index (χ1v) is 5.47. The lowest BCUT2D eigenvalue weighted by atomic mass is 10.1. The number of rotatable bonds is 1. The molecule has 1 aromatic rings. The van der Waals surface area contributed by atoms with Crippen LogP contribution in [0.15, 0.2) is 30.0 Å². The van der Waals surface area contributed by atoms with Crippen LogP contribution in [-0.2, 0) is 0 Å². The maximum absolute atomic E-state index is 12.4. The molecule has 1 aliphatic heterocycles. The molecule has 0 aliphatic carbocycles. The van der Waals surface area contributed by atoms with E-state index in [0.29, 0.717) is 17.4 Å². The molecule has 2 nitrogen and oxygen atoms in total. The molecule has 2 heterocycles. The van der Waals surface area contributed by atoms with Gasteiger partial charge >= 0.3 is 6.18 Å². The lowest BCUT2D eigenvalue weighted by molar-refractivity contribution is -0.0944. The highest BCUT2D eigenvalue weighted by Gasteiger charge is 2.34. The van der Waals surface area contributed by atoms with E-state index in [9.17, 15) is 13.2 Å². The third-order valence-corrected chi connectivity index (χ3v) is 2.83. The summed E-state index contributed by atoms with van der Waals surface area (Å²) in [6, 6.07) is 3.38. The van der Waals surface area contributed by atoms with E-state index in [-0.39, 0.29) is 13.0 Å². The van der Waals surface area contributed by atoms with Gasteiger partial charge in [0.15, 0.2) is 0 Å². The predicted molar refractivity (Wildman–Crippen MR) is 60.2 cm³/mol. The average Bonchev–Trinajstić information content (AvgIpc) is 2.29. The smallest absolute Gasteiger partial charge is 0.353 e. The fraction of sp³-hybridized carbons (Fsp3) is 0.364. The van der Waals surface area contributed by atoms with Gasteiger partial charge in [0, 0.05) is 24.9 Å². The third-order valence-electron chi connectivity index (χ3n) is 2.61. The minimum Gasteiger partial charge on any atom is -0.353 e. The van der Waals surface area contributed by atoms with E-state index in [0.717, 1.165) is 0 Å². The first-order chi connectivity index (χ1) is 7.97. The van der Waals surface area contributed by atoms with Gasteiger partial charge in [0.2, 0.25) is 0 Å². The molecule has 6 heteroatoms. The number of anilines is 1. The van der Waals surface area contributed by atoms with Crippen molar-refractivity contribution in [3.05, 3.63) is 35.0 Å². The van der Waals surface area contributed by atoms with Crippen molar-refractivity contribution in [3.63, 3.8) is 0 Å². The first-order valence-electron chi connectivity index (χ1n) is 5.09. The maximum Gasteiger partial charge on any atom is 0.412 e. The van der Waals surface area contributed by atoms with Gasteiger partial charge in [-0.3, -0.25) is 0 Å². The van der Waals surface area contributed by atoms with Crippen LogP contribution in [0.2, 0.25) is 5.02 Å². The van der Waals surface area contributed by atoms with Crippen molar-refractivity contribution in [1.29, 1.82) is 0 Å². The van der Waals surface area contributed by atoms with Crippen LogP contribution in [0.5, 0.6) is 0 Å². The molecule has 2 rings (SSSR count). The highest BCUT2D eigenvalue weighted by Crippen LogP contribution is 2.31. The van der Waals surface area contributed by atoms with Gasteiger partial charge in [0.05, 0.1) is 5.02 Å². The van der Waals surface area contributed by atoms with Crippen LogP contribution >= 0.6 is 11.6 Å². The Labute approximate surface area is 102 Å². The van der Waals surface area contributed by atoms with Gasteiger partial charge in [0.1, 0.15) is 5.82 Å². The highest BCUT2D eigenvalue weighted by atomic mass is 35.5. The number of nitrogens with zero attached hydrogens (tertiary/aromatic N) is 2. The van der Waals surface area contributed by atoms with E-state index >= 15 is 0 Å². The zero-order valence-corrected chi connectivity index (χ0v) is 9.59. The Morgan fingerprint density at radius 2 is 2.06 bits per heavy atom. The van der Waals surface area contributed by atoms with E-state index in [1.807, 2.05) is 0 Å². The summed E-state index contributed by atoms with van der Waals surface area (Å²) in [7, 11) is 0. The van der Waals surface area contributed by atoms with Crippen molar-refractivity contribution in [1.82, 2.24) is 4.98 Å². The maximum atomic E-state index is 12.4. The highest BCUT2D eigenvalue weighted by molar-refractivity contribution is 6.30. The van der Waals surface area contributed by atoms with Crippen molar-refractivity contribution in [2.75, 3.05) is 18.0 Å². The molecule has 0 atom stereocenters. The molecule has 1 aliphatic rings. The normalized spacial score (nSPS) is 16.9. The number of hydrogen-bond acceptors (Lipinski definition) is 2. The lowest BCUT2D eigenvalue weighted by Crippen LogP contribution is -2.32. The summed E-state index contributed by atoms with van der Waals surface area (Å²) in [6.07, 6.45) is -1.52. The second-order valence-electron chi connectivity index (χ2n) is 3.76. The van der Waals surface area contributed by atoms with Gasteiger partial charge in [-0.2, -0.15) is 13.2 Å². The molecule has 0 saturated heterocycles. The van der Waals surface area contributed by atoms with Gasteiger partial charge in [-0.25, -0.2) is 4.98 Å². The predicted octanol–water partition coefficient (Wildman–Crippen LogP) is 3.43. The SMILES string of the molecule is FC(F)(F)C1=CCN(c2ccc(Cl)cn2)CC1. The summed E-state index contributed by atoms with van der Waals surface area (Å²) >= 11 is 5.69. The summed E-state index contributed by atoms with van der Waals surface area (Å²) in [4.78, 5) is 5.86. The minimum atomic E-state index is -4.21. The standard InChI is InChI=1S/C11H10ClF3N2/c12-9-1-2-10(16-7-9)17-5-3-8(4-6-17)11(13,14)15/h1-3,7H,4-6H2. The quantitative estimate of drug-likeness (QED) is 0.721. The second kappa shape index (κ2) is 4.56. The van der Waals surface area contributed by atoms with Gasteiger partial charge < -0.3 is 4.90 Å². The molecule has 0 fully saturated rings. The molecule has 1 aromatic heterocycles. The van der Waals surface area contributed by atoms with E-state index in [1.54, 1.807) is 17.0 Å². The van der Waals surface area contributed by atoms with Gasteiger partial charge in [-0.15, -0.1) is 0 Å². The summed E-state index contributed by atoms with van der Waals surface area (Å²) in [5.74, 6) is 0.645. The van der Waals surface area contributed by atoms with Crippen LogP contribution in [0.25, 0.3) is 0 Å². The van der Waals surface area contributed by atoms with Gasteiger partial charge in [-0.1, -0.05) is 17.7 Å². The Kier molecular flexibility index (Phi) is 3.28. The zero-order valence-electron chi connectivity index (χ0n) is 8.84. The van der Waals surface area contributed by atoms with Crippen LogP contribution in [0.3, 0.4) is 0 Å². The number of alkyl halides is 3. The molecule has 0 N–H and O–H groups in total. The summed E-state index contributed by atoms with van der Waals surface area (Å²) in [5.41, 5.74) is -0.456. The zero-order chi connectivity index (χ0) is 12.5. The Morgan fingerprint density at radius 3 is 2.53 bits per heavy atom. The molecular formula is C11H10ClF3N2. The van der Waals surface area contributed by atoms with Crippen LogP contribution in [-0.4, -0.2) is 24.2 Å². The summed E-state index contributed by atoms with van der Waals surface area (Å²) < 4.78 is 37.2. The van der Waals surface area contributed by atoms with E-state index in [2.05, 4.69) is 4.98 Å². The Morgan fingerprint density at radius 1 is 1.29 bits per heavy atom. The van der Waals surface area contributed by atoms with E-state index in [1.165, 1.54) is 12.3 Å². The Balaban J connectivity index is 2.09. The van der Waals surface area contributed by atoms with E-state index in [4.69, 9.17) is 11.6 Å². The molecule has 92 valence electrons. The largest absolute Gasteiger partial charge is 0.412 e. The van der Waals surface area contributed by atoms with Crippen molar-refractivity contribution in [2.24, 2.45) is 0 Å². The van der Waals surface area contributed by atoms with Crippen molar-refractivity contribution >= 4 is 17.4 Å². The van der Waals surface area contributed by atoms with E-state index < -0.39 is 11.7 Å². The molecule has 0 amide bonds. The van der Waals surface area contributed by atoms with Gasteiger partial charge in [0.25, 0.3) is 0 Å². The second-order valence-corrected chi connectivity index (χ2v) is 4.19. The van der Waals surface area contributed by atoms with Crippen molar-refractivity contribution in [2.45, 2.75) is 12.6 Å². The Hall–Kier alpha value is -1.23. The van der Waals surface area contributed by atoms with Crippen LogP contribution in [0.1, 0.15) is 6.42 Å². The molecule has 0 bridgehead atoms. The fourth-order valence-electron chi connectivity index (χ4n) is 1.69. The van der Waals surface area contributed by atoms with Gasteiger partial charge in [-0.05, 0) is 18.6 Å². The minimum absolute atomic E-state index is 0.00614. The molecule has 0 aromatic carbocycles. The number of aromatic nitrogens is 1. The fourth-order valence-corrected chi connectivity index (χ4v) is 1.80. The molecule has 0 radical (unpaired) electrons. The van der Waals surface area contributed by atoms with Crippen LogP contribution in [0.4, 0.5) is 19.0 Å². The van der Waals surface area contributed by atoms with Crippen LogP contribution in [0, 0.1) is 0 Å². The van der Waals surface area contributed by atoms with Crippen molar-refractivity contribution in [3.8, 4) is 0 Å². The molecule has 0 saturated carbocycles. The monoisotopic (exact) mass is 262 g/mol. The third kappa shape index (κ3) is 2.91. The van der Waals surface area contributed by atoms with Crippen molar-refractivity contribution < 1.29 is 13.2 Å². The molecular weight excluding hydrogens is 253 g/mol. The molecule has 0 unspecified atom stereocenters. The molecule has 17 heavy (non-hydrogen) atoms. The summed E-state index contributed by atoms with van der Waals surface area (Å²) in [6.45, 7) is 0.545. The number of hydrogen-bond donors (Lipinski definition) is 0. The average molecular weight is 263 g/mol. The molecule has 0 spiro atoms.